The number of nitrogen functional groups attached to an aromatic ring is 1. The molecule has 0 aromatic carbocycles. The summed E-state index contributed by atoms with van der Waals surface area (Å²) in [4.78, 5) is 14.7. The van der Waals surface area contributed by atoms with E-state index in [2.05, 4.69) is 38.4 Å². The molecule has 0 saturated heterocycles. The van der Waals surface area contributed by atoms with Crippen LogP contribution in [0, 0.1) is 0 Å². The van der Waals surface area contributed by atoms with E-state index in [1.807, 2.05) is 0 Å². The van der Waals surface area contributed by atoms with Crippen molar-refractivity contribution in [3.8, 4) is 0 Å². The second kappa shape index (κ2) is 5.41. The van der Waals surface area contributed by atoms with Crippen LogP contribution in [0.15, 0.2) is 17.0 Å². The van der Waals surface area contributed by atoms with Gasteiger partial charge in [-0.05, 0) is 12.5 Å². The summed E-state index contributed by atoms with van der Waals surface area (Å²) in [6.45, 7) is 2.77. The maximum atomic E-state index is 5.75. The van der Waals surface area contributed by atoms with Gasteiger partial charge in [-0.25, -0.2) is 4.98 Å². The van der Waals surface area contributed by atoms with Gasteiger partial charge < -0.3 is 15.6 Å². The molecule has 3 aromatic rings. The summed E-state index contributed by atoms with van der Waals surface area (Å²) in [6, 6.07) is 2.11. The highest BCUT2D eigenvalue weighted by Crippen LogP contribution is 2.29. The van der Waals surface area contributed by atoms with Crippen LogP contribution in [-0.2, 0) is 12.8 Å². The minimum atomic E-state index is 0.282. The highest BCUT2D eigenvalue weighted by Gasteiger charge is 2.10. The molecule has 0 radical (unpaired) electrons. The van der Waals surface area contributed by atoms with E-state index in [1.54, 1.807) is 11.3 Å². The van der Waals surface area contributed by atoms with Gasteiger partial charge in [0.25, 0.3) is 0 Å². The van der Waals surface area contributed by atoms with Crippen LogP contribution in [0.5, 0.6) is 0 Å². The van der Waals surface area contributed by atoms with Crippen molar-refractivity contribution in [2.45, 2.75) is 19.8 Å². The monoisotopic (exact) mass is 290 g/mol. The Balaban J connectivity index is 1.80. The lowest BCUT2D eigenvalue weighted by Crippen LogP contribution is -2.09. The summed E-state index contributed by atoms with van der Waals surface area (Å²) in [5.41, 5.74) is 5.75. The van der Waals surface area contributed by atoms with Crippen LogP contribution in [0.1, 0.15) is 17.6 Å². The second-order valence-electron chi connectivity index (χ2n) is 4.24. The van der Waals surface area contributed by atoms with E-state index >= 15 is 0 Å². The molecule has 0 aliphatic rings. The molecule has 0 saturated carbocycles. The fourth-order valence-corrected chi connectivity index (χ4v) is 2.87. The van der Waals surface area contributed by atoms with Crippen molar-refractivity contribution in [1.82, 2.24) is 20.1 Å². The zero-order valence-corrected chi connectivity index (χ0v) is 11.8. The maximum Gasteiger partial charge on any atom is 0.223 e. The number of hydrogen-bond donors (Lipinski definition) is 2. The first kappa shape index (κ1) is 12.8. The van der Waals surface area contributed by atoms with Crippen LogP contribution in [0.25, 0.3) is 10.2 Å². The molecule has 3 N–H and O–H groups in total. The summed E-state index contributed by atoms with van der Waals surface area (Å²) in [7, 11) is 0. The predicted molar refractivity (Wildman–Crippen MR) is 77.7 cm³/mol. The van der Waals surface area contributed by atoms with E-state index in [4.69, 9.17) is 10.3 Å². The molecular weight excluding hydrogens is 276 g/mol. The van der Waals surface area contributed by atoms with Crippen LogP contribution < -0.4 is 11.1 Å². The average molecular weight is 290 g/mol. The topological polar surface area (TPSA) is 103 Å². The van der Waals surface area contributed by atoms with Crippen LogP contribution in [0.2, 0.25) is 0 Å². The Labute approximate surface area is 119 Å². The summed E-state index contributed by atoms with van der Waals surface area (Å²) >= 11 is 1.65. The van der Waals surface area contributed by atoms with E-state index < -0.39 is 0 Å². The van der Waals surface area contributed by atoms with Crippen LogP contribution in [0.3, 0.4) is 0 Å². The van der Waals surface area contributed by atoms with Crippen LogP contribution in [0.4, 0.5) is 11.8 Å². The molecule has 0 amide bonds. The van der Waals surface area contributed by atoms with Crippen molar-refractivity contribution in [2.75, 3.05) is 17.6 Å². The Kier molecular flexibility index (Phi) is 3.46. The molecular formula is C12H14N6OS. The number of nitrogens with one attached hydrogen (secondary N) is 1. The molecule has 20 heavy (non-hydrogen) atoms. The molecule has 0 spiro atoms. The molecule has 0 atom stereocenters. The van der Waals surface area contributed by atoms with Gasteiger partial charge in [-0.2, -0.15) is 9.97 Å². The van der Waals surface area contributed by atoms with Crippen molar-refractivity contribution in [3.05, 3.63) is 23.2 Å². The van der Waals surface area contributed by atoms with E-state index in [0.29, 0.717) is 18.8 Å². The maximum absolute atomic E-state index is 5.75. The molecule has 0 aliphatic carbocycles. The minimum Gasteiger partial charge on any atom is -0.369 e. The van der Waals surface area contributed by atoms with Crippen molar-refractivity contribution in [1.29, 1.82) is 0 Å². The van der Waals surface area contributed by atoms with Crippen molar-refractivity contribution >= 4 is 33.3 Å². The molecule has 3 aromatic heterocycles. The standard InChI is InChI=1S/C12H14N6OS/c1-2-7-5-8-10(16-12(13)17-11(8)20-7)14-4-3-9-15-6-19-18-9/h5-6H,2-4H2,1H3,(H3,13,14,16,17). The zero-order valence-electron chi connectivity index (χ0n) is 11.0. The molecule has 0 bridgehead atoms. The molecule has 8 heteroatoms. The number of aromatic nitrogens is 4. The molecule has 0 aliphatic heterocycles. The van der Waals surface area contributed by atoms with Crippen LogP contribution >= 0.6 is 11.3 Å². The van der Waals surface area contributed by atoms with E-state index in [1.165, 1.54) is 11.3 Å². The Bertz CT molecular complexity index is 708. The number of nitrogens with zero attached hydrogens (tertiary/aromatic N) is 4. The number of aryl methyl sites for hydroxylation is 1. The van der Waals surface area contributed by atoms with Gasteiger partial charge in [-0.15, -0.1) is 11.3 Å². The molecule has 3 rings (SSSR count). The first-order valence-electron chi connectivity index (χ1n) is 6.31. The number of thiophene rings is 1. The van der Waals surface area contributed by atoms with Gasteiger partial charge in [0, 0.05) is 17.8 Å². The Morgan fingerprint density at radius 2 is 2.30 bits per heavy atom. The van der Waals surface area contributed by atoms with E-state index in [-0.39, 0.29) is 5.95 Å². The Morgan fingerprint density at radius 3 is 3.05 bits per heavy atom. The fourth-order valence-electron chi connectivity index (χ4n) is 1.89. The van der Waals surface area contributed by atoms with E-state index in [9.17, 15) is 0 Å². The summed E-state index contributed by atoms with van der Waals surface area (Å²) in [6.07, 6.45) is 2.96. The number of rotatable bonds is 5. The van der Waals surface area contributed by atoms with Gasteiger partial charge in [0.05, 0.1) is 5.39 Å². The first-order chi connectivity index (χ1) is 9.76. The van der Waals surface area contributed by atoms with Gasteiger partial charge in [-0.1, -0.05) is 12.1 Å². The first-order valence-corrected chi connectivity index (χ1v) is 7.13. The fraction of sp³-hybridized carbons (Fsp3) is 0.333. The largest absolute Gasteiger partial charge is 0.369 e. The Morgan fingerprint density at radius 1 is 1.40 bits per heavy atom. The Hall–Kier alpha value is -2.22. The van der Waals surface area contributed by atoms with Gasteiger partial charge in [-0.3, -0.25) is 0 Å². The normalized spacial score (nSPS) is 11.1. The minimum absolute atomic E-state index is 0.282. The SMILES string of the molecule is CCc1cc2c(NCCc3ncon3)nc(N)nc2s1. The number of fused-ring (bicyclic) bond motifs is 1. The summed E-state index contributed by atoms with van der Waals surface area (Å²) < 4.78 is 4.69. The van der Waals surface area contributed by atoms with Crippen LogP contribution in [-0.4, -0.2) is 26.7 Å². The van der Waals surface area contributed by atoms with Gasteiger partial charge in [0.2, 0.25) is 12.3 Å². The molecule has 3 heterocycles. The highest BCUT2D eigenvalue weighted by atomic mass is 32.1. The highest BCUT2D eigenvalue weighted by molar-refractivity contribution is 7.18. The van der Waals surface area contributed by atoms with Crippen molar-refractivity contribution in [3.63, 3.8) is 0 Å². The smallest absolute Gasteiger partial charge is 0.223 e. The molecule has 7 nitrogen and oxygen atoms in total. The number of hydrogen-bond acceptors (Lipinski definition) is 8. The van der Waals surface area contributed by atoms with Crippen molar-refractivity contribution in [2.24, 2.45) is 0 Å². The predicted octanol–water partition coefficient (Wildman–Crippen LogP) is 1.87. The van der Waals surface area contributed by atoms with Crippen molar-refractivity contribution < 1.29 is 4.52 Å². The lowest BCUT2D eigenvalue weighted by molar-refractivity contribution is 0.410. The zero-order chi connectivity index (χ0) is 13.9. The quantitative estimate of drug-likeness (QED) is 0.739. The van der Waals surface area contributed by atoms with E-state index in [0.717, 1.165) is 22.5 Å². The van der Waals surface area contributed by atoms with Gasteiger partial charge in [0.1, 0.15) is 10.6 Å². The summed E-state index contributed by atoms with van der Waals surface area (Å²) in [5.74, 6) is 1.70. The summed E-state index contributed by atoms with van der Waals surface area (Å²) in [5, 5.41) is 8.03. The lowest BCUT2D eigenvalue weighted by Gasteiger charge is -2.05. The molecule has 104 valence electrons. The second-order valence-corrected chi connectivity index (χ2v) is 5.35. The lowest BCUT2D eigenvalue weighted by atomic mass is 10.3. The third-order valence-electron chi connectivity index (χ3n) is 2.86. The third kappa shape index (κ3) is 2.55. The van der Waals surface area contributed by atoms with Gasteiger partial charge in [0.15, 0.2) is 5.82 Å². The number of nitrogens with two attached hydrogens (primary N) is 1. The molecule has 0 unspecified atom stereocenters. The van der Waals surface area contributed by atoms with Gasteiger partial charge >= 0.3 is 0 Å². The number of anilines is 2. The average Bonchev–Trinajstić information content (AvgIpc) is 3.06. The third-order valence-corrected chi connectivity index (χ3v) is 4.03. The molecule has 0 fully saturated rings.